The predicted molar refractivity (Wildman–Crippen MR) is 60.0 cm³/mol. The first-order chi connectivity index (χ1) is 6.99. The number of nitrogens with zero attached hydrogens (tertiary/aromatic N) is 1. The van der Waals surface area contributed by atoms with E-state index < -0.39 is 5.97 Å². The fourth-order valence-electron chi connectivity index (χ4n) is 1.69. The zero-order valence-electron chi connectivity index (χ0n) is 9.95. The standard InChI is InChI=1S/C11H21NO3/c1-5-9(13)10(11(14)15)8(4)12(6-2)7-3/h8,13H,5-7H2,1-4H3,(H,14,15)/b10-9-. The van der Waals surface area contributed by atoms with Gasteiger partial charge in [-0.05, 0) is 20.0 Å². The third-order valence-corrected chi connectivity index (χ3v) is 2.65. The van der Waals surface area contributed by atoms with Crippen LogP contribution in [0.5, 0.6) is 0 Å². The molecule has 0 aliphatic heterocycles. The van der Waals surface area contributed by atoms with Crippen LogP contribution in [0.4, 0.5) is 0 Å². The first-order valence-electron chi connectivity index (χ1n) is 5.38. The summed E-state index contributed by atoms with van der Waals surface area (Å²) in [6, 6.07) is -0.252. The van der Waals surface area contributed by atoms with Gasteiger partial charge < -0.3 is 10.2 Å². The van der Waals surface area contributed by atoms with E-state index in [1.165, 1.54) is 0 Å². The molecular weight excluding hydrogens is 194 g/mol. The predicted octanol–water partition coefficient (Wildman–Crippen LogP) is 2.02. The van der Waals surface area contributed by atoms with Gasteiger partial charge in [-0.25, -0.2) is 4.79 Å². The van der Waals surface area contributed by atoms with Crippen LogP contribution in [0.2, 0.25) is 0 Å². The number of carbonyl (C=O) groups is 1. The molecule has 1 unspecified atom stereocenters. The van der Waals surface area contributed by atoms with Crippen LogP contribution in [-0.2, 0) is 4.79 Å². The maximum Gasteiger partial charge on any atom is 0.336 e. The Labute approximate surface area is 91.2 Å². The van der Waals surface area contributed by atoms with Crippen LogP contribution in [0, 0.1) is 0 Å². The van der Waals surface area contributed by atoms with Gasteiger partial charge in [-0.15, -0.1) is 0 Å². The molecule has 88 valence electrons. The van der Waals surface area contributed by atoms with E-state index in [1.54, 1.807) is 6.92 Å². The fraction of sp³-hybridized carbons (Fsp3) is 0.727. The van der Waals surface area contributed by atoms with Crippen molar-refractivity contribution in [2.75, 3.05) is 13.1 Å². The molecular formula is C11H21NO3. The Morgan fingerprint density at radius 3 is 1.93 bits per heavy atom. The van der Waals surface area contributed by atoms with Crippen molar-refractivity contribution >= 4 is 5.97 Å². The van der Waals surface area contributed by atoms with Crippen LogP contribution in [0.15, 0.2) is 11.3 Å². The fourth-order valence-corrected chi connectivity index (χ4v) is 1.69. The van der Waals surface area contributed by atoms with Crippen molar-refractivity contribution in [1.82, 2.24) is 4.90 Å². The van der Waals surface area contributed by atoms with Gasteiger partial charge in [0.1, 0.15) is 5.76 Å². The average Bonchev–Trinajstić information content (AvgIpc) is 2.19. The zero-order valence-corrected chi connectivity index (χ0v) is 9.95. The number of aliphatic carboxylic acids is 1. The van der Waals surface area contributed by atoms with Gasteiger partial charge in [0.25, 0.3) is 0 Å². The quantitative estimate of drug-likeness (QED) is 0.525. The zero-order chi connectivity index (χ0) is 12.0. The van der Waals surface area contributed by atoms with E-state index in [2.05, 4.69) is 0 Å². The second-order valence-electron chi connectivity index (χ2n) is 3.42. The summed E-state index contributed by atoms with van der Waals surface area (Å²) in [5.41, 5.74) is 0.112. The third kappa shape index (κ3) is 3.55. The summed E-state index contributed by atoms with van der Waals surface area (Å²) in [6.07, 6.45) is 0.354. The van der Waals surface area contributed by atoms with Crippen molar-refractivity contribution in [3.8, 4) is 0 Å². The largest absolute Gasteiger partial charge is 0.512 e. The molecule has 0 aromatic carbocycles. The average molecular weight is 215 g/mol. The smallest absolute Gasteiger partial charge is 0.336 e. The van der Waals surface area contributed by atoms with E-state index >= 15 is 0 Å². The molecule has 0 saturated heterocycles. The molecule has 0 rings (SSSR count). The molecule has 15 heavy (non-hydrogen) atoms. The second kappa shape index (κ2) is 6.45. The highest BCUT2D eigenvalue weighted by molar-refractivity contribution is 5.88. The normalized spacial score (nSPS) is 15.0. The van der Waals surface area contributed by atoms with Crippen LogP contribution in [-0.4, -0.2) is 40.2 Å². The summed E-state index contributed by atoms with van der Waals surface area (Å²) >= 11 is 0. The SMILES string of the molecule is CC/C(O)=C(/C(=O)O)C(C)N(CC)CC. The molecule has 2 N–H and O–H groups in total. The second-order valence-corrected chi connectivity index (χ2v) is 3.42. The highest BCUT2D eigenvalue weighted by Gasteiger charge is 2.24. The molecule has 0 bridgehead atoms. The Morgan fingerprint density at radius 2 is 1.67 bits per heavy atom. The monoisotopic (exact) mass is 215 g/mol. The topological polar surface area (TPSA) is 60.8 Å². The molecule has 0 saturated carbocycles. The van der Waals surface area contributed by atoms with E-state index in [1.807, 2.05) is 25.7 Å². The summed E-state index contributed by atoms with van der Waals surface area (Å²) in [5, 5.41) is 18.6. The maximum atomic E-state index is 11.0. The number of aliphatic hydroxyl groups excluding tert-OH is 1. The first-order valence-corrected chi connectivity index (χ1v) is 5.38. The summed E-state index contributed by atoms with van der Waals surface area (Å²) in [6.45, 7) is 9.04. The van der Waals surface area contributed by atoms with Gasteiger partial charge in [0.15, 0.2) is 0 Å². The number of carboxylic acids is 1. The minimum Gasteiger partial charge on any atom is -0.512 e. The maximum absolute atomic E-state index is 11.0. The minimum atomic E-state index is -1.03. The Hall–Kier alpha value is -1.03. The van der Waals surface area contributed by atoms with E-state index in [9.17, 15) is 9.90 Å². The van der Waals surface area contributed by atoms with E-state index in [4.69, 9.17) is 5.11 Å². The third-order valence-electron chi connectivity index (χ3n) is 2.65. The molecule has 4 nitrogen and oxygen atoms in total. The molecule has 0 fully saturated rings. The lowest BCUT2D eigenvalue weighted by Crippen LogP contribution is -2.37. The molecule has 0 aromatic heterocycles. The van der Waals surface area contributed by atoms with Crippen molar-refractivity contribution < 1.29 is 15.0 Å². The van der Waals surface area contributed by atoms with Gasteiger partial charge in [-0.2, -0.15) is 0 Å². The van der Waals surface area contributed by atoms with Crippen molar-refractivity contribution in [1.29, 1.82) is 0 Å². The van der Waals surface area contributed by atoms with E-state index in [0.29, 0.717) is 6.42 Å². The summed E-state index contributed by atoms with van der Waals surface area (Å²) in [5.74, 6) is -1.06. The number of hydrogen-bond donors (Lipinski definition) is 2. The number of likely N-dealkylation sites (N-methyl/N-ethyl adjacent to an activating group) is 1. The van der Waals surface area contributed by atoms with Crippen LogP contribution in [0.25, 0.3) is 0 Å². The van der Waals surface area contributed by atoms with Crippen molar-refractivity contribution in [3.05, 3.63) is 11.3 Å². The molecule has 0 aliphatic rings. The molecule has 0 aromatic rings. The molecule has 4 heteroatoms. The Kier molecular flexibility index (Phi) is 6.01. The number of aliphatic hydroxyl groups is 1. The van der Waals surface area contributed by atoms with Crippen molar-refractivity contribution in [2.45, 2.75) is 40.2 Å². The number of rotatable bonds is 6. The lowest BCUT2D eigenvalue weighted by molar-refractivity contribution is -0.133. The van der Waals surface area contributed by atoms with Gasteiger partial charge in [0.2, 0.25) is 0 Å². The lowest BCUT2D eigenvalue weighted by Gasteiger charge is -2.27. The van der Waals surface area contributed by atoms with Crippen LogP contribution >= 0.6 is 0 Å². The van der Waals surface area contributed by atoms with Gasteiger partial charge in [0.05, 0.1) is 5.57 Å². The number of carboxylic acid groups (broad SMARTS) is 1. The van der Waals surface area contributed by atoms with Gasteiger partial charge in [0, 0.05) is 12.5 Å². The van der Waals surface area contributed by atoms with E-state index in [-0.39, 0.29) is 17.4 Å². The van der Waals surface area contributed by atoms with Crippen LogP contribution in [0.1, 0.15) is 34.1 Å². The molecule has 0 radical (unpaired) electrons. The Balaban J connectivity index is 5.02. The highest BCUT2D eigenvalue weighted by atomic mass is 16.4. The van der Waals surface area contributed by atoms with Gasteiger partial charge in [-0.1, -0.05) is 20.8 Å². The summed E-state index contributed by atoms with van der Waals surface area (Å²) in [4.78, 5) is 13.0. The highest BCUT2D eigenvalue weighted by Crippen LogP contribution is 2.15. The molecule has 0 aliphatic carbocycles. The first kappa shape index (κ1) is 14.0. The lowest BCUT2D eigenvalue weighted by atomic mass is 10.0. The van der Waals surface area contributed by atoms with Crippen molar-refractivity contribution in [2.24, 2.45) is 0 Å². The van der Waals surface area contributed by atoms with E-state index in [0.717, 1.165) is 13.1 Å². The molecule has 1 atom stereocenters. The molecule has 0 heterocycles. The number of allylic oxidation sites excluding steroid dienone is 1. The van der Waals surface area contributed by atoms with Crippen LogP contribution in [0.3, 0.4) is 0 Å². The van der Waals surface area contributed by atoms with Crippen LogP contribution < -0.4 is 0 Å². The van der Waals surface area contributed by atoms with Gasteiger partial charge in [-0.3, -0.25) is 4.90 Å². The Morgan fingerprint density at radius 1 is 1.20 bits per heavy atom. The molecule has 0 spiro atoms. The summed E-state index contributed by atoms with van der Waals surface area (Å²) in [7, 11) is 0. The molecule has 0 amide bonds. The Bertz CT molecular complexity index is 244. The van der Waals surface area contributed by atoms with Crippen molar-refractivity contribution in [3.63, 3.8) is 0 Å². The summed E-state index contributed by atoms with van der Waals surface area (Å²) < 4.78 is 0. The number of hydrogen-bond acceptors (Lipinski definition) is 3. The van der Waals surface area contributed by atoms with Gasteiger partial charge >= 0.3 is 5.97 Å². The minimum absolute atomic E-state index is 0.0260.